The highest BCUT2D eigenvalue weighted by atomic mass is 32.1. The van der Waals surface area contributed by atoms with E-state index >= 15 is 0 Å². The monoisotopic (exact) mass is 414 g/mol. The molecule has 152 valence electrons. The highest BCUT2D eigenvalue weighted by Gasteiger charge is 2.35. The van der Waals surface area contributed by atoms with E-state index in [0.717, 1.165) is 29.7 Å². The lowest BCUT2D eigenvalue weighted by atomic mass is 9.82. The predicted molar refractivity (Wildman–Crippen MR) is 108 cm³/mol. The SMILES string of the molecule is O=C(NCc1ccco1)c1c(NC(=O)[C@H]2CC=CC[C@H]2C(=O)O)sc2c1CCC2. The van der Waals surface area contributed by atoms with Gasteiger partial charge in [-0.05, 0) is 49.8 Å². The van der Waals surface area contributed by atoms with Gasteiger partial charge in [-0.1, -0.05) is 12.2 Å². The van der Waals surface area contributed by atoms with Crippen molar-refractivity contribution in [1.82, 2.24) is 5.32 Å². The van der Waals surface area contributed by atoms with Crippen molar-refractivity contribution >= 4 is 34.1 Å². The van der Waals surface area contributed by atoms with E-state index in [0.29, 0.717) is 29.2 Å². The number of anilines is 1. The van der Waals surface area contributed by atoms with Gasteiger partial charge >= 0.3 is 5.97 Å². The molecule has 2 aromatic rings. The second-order valence-electron chi connectivity index (χ2n) is 7.31. The molecule has 0 radical (unpaired) electrons. The Balaban J connectivity index is 1.54. The van der Waals surface area contributed by atoms with Gasteiger partial charge in [0.2, 0.25) is 5.91 Å². The van der Waals surface area contributed by atoms with Crippen LogP contribution in [0.4, 0.5) is 5.00 Å². The van der Waals surface area contributed by atoms with Crippen LogP contribution in [0.1, 0.15) is 45.8 Å². The predicted octanol–water partition coefficient (Wildman–Crippen LogP) is 3.37. The fourth-order valence-electron chi connectivity index (χ4n) is 3.98. The van der Waals surface area contributed by atoms with Crippen LogP contribution in [0, 0.1) is 11.8 Å². The smallest absolute Gasteiger partial charge is 0.307 e. The molecule has 3 N–H and O–H groups in total. The Kier molecular flexibility index (Phi) is 5.53. The zero-order chi connectivity index (χ0) is 20.4. The van der Waals surface area contributed by atoms with Crippen molar-refractivity contribution in [2.24, 2.45) is 11.8 Å². The largest absolute Gasteiger partial charge is 0.481 e. The average molecular weight is 414 g/mol. The lowest BCUT2D eigenvalue weighted by molar-refractivity contribution is -0.146. The number of rotatable bonds is 6. The Morgan fingerprint density at radius 1 is 1.17 bits per heavy atom. The molecule has 0 saturated carbocycles. The zero-order valence-electron chi connectivity index (χ0n) is 15.8. The summed E-state index contributed by atoms with van der Waals surface area (Å²) in [5.74, 6) is -2.32. The van der Waals surface area contributed by atoms with Gasteiger partial charge in [-0.3, -0.25) is 14.4 Å². The first-order valence-electron chi connectivity index (χ1n) is 9.68. The van der Waals surface area contributed by atoms with E-state index in [1.165, 1.54) is 11.3 Å². The summed E-state index contributed by atoms with van der Waals surface area (Å²) in [7, 11) is 0. The quantitative estimate of drug-likeness (QED) is 0.628. The molecule has 2 aliphatic carbocycles. The van der Waals surface area contributed by atoms with Crippen molar-refractivity contribution in [3.05, 3.63) is 52.3 Å². The van der Waals surface area contributed by atoms with Crippen molar-refractivity contribution in [3.8, 4) is 0 Å². The van der Waals surface area contributed by atoms with Crippen LogP contribution in [-0.2, 0) is 29.0 Å². The summed E-state index contributed by atoms with van der Waals surface area (Å²) in [6, 6.07) is 3.54. The highest BCUT2D eigenvalue weighted by Crippen LogP contribution is 2.40. The van der Waals surface area contributed by atoms with Gasteiger partial charge in [0, 0.05) is 4.88 Å². The van der Waals surface area contributed by atoms with E-state index in [-0.39, 0.29) is 18.4 Å². The van der Waals surface area contributed by atoms with E-state index in [1.54, 1.807) is 24.5 Å². The number of carbonyl (C=O) groups is 3. The molecule has 0 saturated heterocycles. The number of hydrogen-bond donors (Lipinski definition) is 3. The topological polar surface area (TPSA) is 109 Å². The van der Waals surface area contributed by atoms with E-state index in [1.807, 2.05) is 6.08 Å². The Morgan fingerprint density at radius 2 is 1.97 bits per heavy atom. The molecular weight excluding hydrogens is 392 g/mol. The normalized spacial score (nSPS) is 20.3. The lowest BCUT2D eigenvalue weighted by Gasteiger charge is -2.24. The summed E-state index contributed by atoms with van der Waals surface area (Å²) in [6.45, 7) is 0.262. The first-order chi connectivity index (χ1) is 14.0. The van der Waals surface area contributed by atoms with Crippen LogP contribution in [0.25, 0.3) is 0 Å². The molecule has 0 aromatic carbocycles. The maximum absolute atomic E-state index is 12.9. The summed E-state index contributed by atoms with van der Waals surface area (Å²) in [4.78, 5) is 38.4. The fourth-order valence-corrected chi connectivity index (χ4v) is 5.27. The third kappa shape index (κ3) is 3.98. The van der Waals surface area contributed by atoms with Gasteiger partial charge in [0.25, 0.3) is 5.91 Å². The number of amides is 2. The first-order valence-corrected chi connectivity index (χ1v) is 10.5. The number of nitrogens with one attached hydrogen (secondary N) is 2. The molecule has 2 aliphatic rings. The van der Waals surface area contributed by atoms with Crippen LogP contribution in [0.5, 0.6) is 0 Å². The molecule has 0 bridgehead atoms. The Hall–Kier alpha value is -2.87. The minimum atomic E-state index is -0.973. The molecule has 0 unspecified atom stereocenters. The molecule has 8 heteroatoms. The number of carboxylic acid groups (broad SMARTS) is 1. The van der Waals surface area contributed by atoms with Gasteiger partial charge in [-0.2, -0.15) is 0 Å². The van der Waals surface area contributed by atoms with Crippen molar-refractivity contribution in [2.75, 3.05) is 5.32 Å². The van der Waals surface area contributed by atoms with Crippen LogP contribution >= 0.6 is 11.3 Å². The molecule has 0 spiro atoms. The number of aliphatic carboxylic acids is 1. The van der Waals surface area contributed by atoms with Gasteiger partial charge < -0.3 is 20.2 Å². The highest BCUT2D eigenvalue weighted by molar-refractivity contribution is 7.17. The fraction of sp³-hybridized carbons (Fsp3) is 0.381. The van der Waals surface area contributed by atoms with Crippen LogP contribution in [0.2, 0.25) is 0 Å². The summed E-state index contributed by atoms with van der Waals surface area (Å²) in [5.41, 5.74) is 1.49. The Morgan fingerprint density at radius 3 is 2.69 bits per heavy atom. The standard InChI is InChI=1S/C21H22N2O5S/c24-18(13-6-1-2-7-14(13)21(26)27)23-20-17(15-8-3-9-16(15)29-20)19(25)22-11-12-5-4-10-28-12/h1-2,4-5,10,13-14H,3,6-9,11H2,(H,22,25)(H,23,24)(H,26,27)/t13-,14+/m0/s1. The maximum atomic E-state index is 12.9. The van der Waals surface area contributed by atoms with Crippen molar-refractivity contribution in [3.63, 3.8) is 0 Å². The van der Waals surface area contributed by atoms with Crippen LogP contribution in [0.15, 0.2) is 35.0 Å². The molecule has 2 amide bonds. The minimum absolute atomic E-state index is 0.255. The van der Waals surface area contributed by atoms with Gasteiger partial charge in [-0.25, -0.2) is 0 Å². The van der Waals surface area contributed by atoms with Crippen LogP contribution in [-0.4, -0.2) is 22.9 Å². The molecular formula is C21H22N2O5S. The molecule has 4 rings (SSSR count). The average Bonchev–Trinajstić information content (AvgIpc) is 3.43. The zero-order valence-corrected chi connectivity index (χ0v) is 16.6. The Labute approximate surface area is 171 Å². The number of thiophene rings is 1. The van der Waals surface area contributed by atoms with E-state index in [4.69, 9.17) is 4.42 Å². The molecule has 2 aromatic heterocycles. The molecule has 2 atom stereocenters. The van der Waals surface area contributed by atoms with Gasteiger partial charge in [0.1, 0.15) is 10.8 Å². The number of carbonyl (C=O) groups excluding carboxylic acids is 2. The van der Waals surface area contributed by atoms with Crippen molar-refractivity contribution in [2.45, 2.75) is 38.6 Å². The molecule has 7 nitrogen and oxygen atoms in total. The number of furan rings is 1. The summed E-state index contributed by atoms with van der Waals surface area (Å²) < 4.78 is 5.26. The number of allylic oxidation sites excluding steroid dienone is 2. The summed E-state index contributed by atoms with van der Waals surface area (Å²) in [5, 5.41) is 15.7. The van der Waals surface area contributed by atoms with E-state index in [9.17, 15) is 19.5 Å². The third-order valence-corrected chi connectivity index (χ3v) is 6.68. The second kappa shape index (κ2) is 8.24. The minimum Gasteiger partial charge on any atom is -0.481 e. The first kappa shape index (κ1) is 19.4. The molecule has 29 heavy (non-hydrogen) atoms. The maximum Gasteiger partial charge on any atom is 0.307 e. The van der Waals surface area contributed by atoms with Gasteiger partial charge in [0.05, 0.1) is 30.2 Å². The summed E-state index contributed by atoms with van der Waals surface area (Å²) >= 11 is 1.42. The summed E-state index contributed by atoms with van der Waals surface area (Å²) in [6.07, 6.45) is 8.59. The molecule has 0 fully saturated rings. The number of fused-ring (bicyclic) bond motifs is 1. The van der Waals surface area contributed by atoms with Gasteiger partial charge in [-0.15, -0.1) is 11.3 Å². The molecule has 0 aliphatic heterocycles. The van der Waals surface area contributed by atoms with Crippen molar-refractivity contribution in [1.29, 1.82) is 0 Å². The number of aryl methyl sites for hydroxylation is 1. The second-order valence-corrected chi connectivity index (χ2v) is 8.41. The number of carboxylic acids is 1. The van der Waals surface area contributed by atoms with E-state index in [2.05, 4.69) is 10.6 Å². The van der Waals surface area contributed by atoms with Crippen molar-refractivity contribution < 1.29 is 23.9 Å². The van der Waals surface area contributed by atoms with Gasteiger partial charge in [0.15, 0.2) is 0 Å². The van der Waals surface area contributed by atoms with E-state index < -0.39 is 17.8 Å². The van der Waals surface area contributed by atoms with Crippen LogP contribution < -0.4 is 10.6 Å². The third-order valence-electron chi connectivity index (χ3n) is 5.47. The lowest BCUT2D eigenvalue weighted by Crippen LogP contribution is -2.35. The Bertz CT molecular complexity index is 960. The van der Waals surface area contributed by atoms with Crippen LogP contribution in [0.3, 0.4) is 0 Å². The number of hydrogen-bond acceptors (Lipinski definition) is 5. The molecule has 2 heterocycles.